The quantitative estimate of drug-likeness (QED) is 0.107. The highest BCUT2D eigenvalue weighted by molar-refractivity contribution is 6.06. The molecule has 2 saturated heterocycles. The average molecular weight is 898 g/mol. The van der Waals surface area contributed by atoms with Gasteiger partial charge in [-0.15, -0.1) is 0 Å². The third-order valence-electron chi connectivity index (χ3n) is 11.8. The number of amides is 1. The molecule has 1 amide bonds. The minimum absolute atomic E-state index is 0.183. The van der Waals surface area contributed by atoms with Gasteiger partial charge in [0, 0.05) is 114 Å². The number of methoxy groups -OCH3 is 1. The third-order valence-corrected chi connectivity index (χ3v) is 11.8. The van der Waals surface area contributed by atoms with Crippen LogP contribution in [0.1, 0.15) is 38.1 Å². The first kappa shape index (κ1) is 44.1. The van der Waals surface area contributed by atoms with E-state index in [9.17, 15) is 13.6 Å². The first-order valence-electron chi connectivity index (χ1n) is 22.2. The first-order chi connectivity index (χ1) is 32.0. The van der Waals surface area contributed by atoms with Crippen molar-refractivity contribution in [1.82, 2.24) is 34.1 Å². The molecule has 66 heavy (non-hydrogen) atoms. The summed E-state index contributed by atoms with van der Waals surface area (Å²) in [5, 5.41) is 13.0. The van der Waals surface area contributed by atoms with E-state index < -0.39 is 11.6 Å². The molecule has 15 nitrogen and oxygen atoms in total. The van der Waals surface area contributed by atoms with Gasteiger partial charge in [-0.25, -0.2) is 28.7 Å². The largest absolute Gasteiger partial charge is 0.490 e. The second kappa shape index (κ2) is 19.2. The molecule has 6 aromatic heterocycles. The second-order valence-corrected chi connectivity index (χ2v) is 16.9. The standard InChI is InChI=1S/C25H26FN5O2.C24H27FN6O2/c1-15-5-8-30(9-6-15)19-10-18-4-7-27-25(23(18)22(11-19)29-17(3)32)33-20-12-21(26)24-28-16(2)13-31(24)14-20;1-16-14-31-15-18(12-20(25)24(31)28-16)29-23-22-17(3-4-27-23)11-19(30-7-5-26-6-8-30)13-21(22)33-10-9-32-2/h4,7,10-15H,5-6,8-9H2,1-3H3,(H,29,32);3-4,11-15,26H,5-10H2,1-2H3,(H,27,29). The van der Waals surface area contributed by atoms with Crippen LogP contribution in [-0.4, -0.2) is 94.2 Å². The van der Waals surface area contributed by atoms with E-state index in [2.05, 4.69) is 70.8 Å². The molecule has 0 saturated carbocycles. The molecular weight excluding hydrogens is 845 g/mol. The molecule has 17 heteroatoms. The Hall–Kier alpha value is -7.11. The number of hydrogen-bond acceptors (Lipinski definition) is 12. The lowest BCUT2D eigenvalue weighted by molar-refractivity contribution is -0.114. The molecule has 10 rings (SSSR count). The van der Waals surface area contributed by atoms with Crippen molar-refractivity contribution < 1.29 is 27.8 Å². The normalized spacial score (nSPS) is 14.5. The van der Waals surface area contributed by atoms with Gasteiger partial charge < -0.3 is 48.8 Å². The van der Waals surface area contributed by atoms with Gasteiger partial charge in [0.15, 0.2) is 22.9 Å². The number of anilines is 5. The summed E-state index contributed by atoms with van der Waals surface area (Å²) < 4.78 is 49.8. The van der Waals surface area contributed by atoms with Gasteiger partial charge in [-0.3, -0.25) is 4.79 Å². The van der Waals surface area contributed by atoms with Crippen LogP contribution in [0.3, 0.4) is 0 Å². The van der Waals surface area contributed by atoms with E-state index >= 15 is 0 Å². The van der Waals surface area contributed by atoms with Crippen LogP contribution < -0.4 is 35.2 Å². The van der Waals surface area contributed by atoms with E-state index in [4.69, 9.17) is 14.2 Å². The summed E-state index contributed by atoms with van der Waals surface area (Å²) in [5.41, 5.74) is 5.36. The number of aromatic nitrogens is 6. The van der Waals surface area contributed by atoms with Gasteiger partial charge in [0.1, 0.15) is 23.9 Å². The maximum atomic E-state index is 14.6. The topological polar surface area (TPSA) is 148 Å². The smallest absolute Gasteiger partial charge is 0.229 e. The van der Waals surface area contributed by atoms with Crippen LogP contribution in [0.2, 0.25) is 0 Å². The summed E-state index contributed by atoms with van der Waals surface area (Å²) in [6.07, 6.45) is 12.7. The molecule has 2 fully saturated rings. The van der Waals surface area contributed by atoms with Gasteiger partial charge >= 0.3 is 0 Å². The Morgan fingerprint density at radius 2 is 1.42 bits per heavy atom. The number of benzene rings is 2. The van der Waals surface area contributed by atoms with E-state index in [0.29, 0.717) is 64.5 Å². The number of halogens is 2. The summed E-state index contributed by atoms with van der Waals surface area (Å²) >= 11 is 0. The fraction of sp³-hybridized carbons (Fsp3) is 0.327. The highest BCUT2D eigenvalue weighted by Gasteiger charge is 2.21. The number of fused-ring (bicyclic) bond motifs is 4. The molecule has 0 atom stereocenters. The van der Waals surface area contributed by atoms with Crippen LogP contribution in [0.25, 0.3) is 32.8 Å². The van der Waals surface area contributed by atoms with Gasteiger partial charge in [-0.05, 0) is 73.7 Å². The first-order valence-corrected chi connectivity index (χ1v) is 22.2. The minimum Gasteiger partial charge on any atom is -0.490 e. The highest BCUT2D eigenvalue weighted by atomic mass is 19.1. The van der Waals surface area contributed by atoms with Gasteiger partial charge in [0.2, 0.25) is 11.8 Å². The van der Waals surface area contributed by atoms with Gasteiger partial charge in [-0.1, -0.05) is 6.92 Å². The minimum atomic E-state index is -0.482. The van der Waals surface area contributed by atoms with Crippen molar-refractivity contribution in [3.05, 3.63) is 109 Å². The lowest BCUT2D eigenvalue weighted by Crippen LogP contribution is -2.43. The number of hydrogen-bond donors (Lipinski definition) is 3. The molecule has 342 valence electrons. The Morgan fingerprint density at radius 3 is 2.12 bits per heavy atom. The fourth-order valence-electron chi connectivity index (χ4n) is 8.60. The second-order valence-electron chi connectivity index (χ2n) is 16.9. The van der Waals surface area contributed by atoms with Crippen LogP contribution in [0.5, 0.6) is 17.4 Å². The van der Waals surface area contributed by atoms with Crippen molar-refractivity contribution in [2.24, 2.45) is 5.92 Å². The number of carbonyl (C=O) groups is 1. The molecule has 3 N–H and O–H groups in total. The van der Waals surface area contributed by atoms with E-state index in [0.717, 1.165) is 91.3 Å². The Balaban J connectivity index is 0.000000166. The zero-order valence-electron chi connectivity index (χ0n) is 37.7. The lowest BCUT2D eigenvalue weighted by Gasteiger charge is -2.32. The number of rotatable bonds is 11. The van der Waals surface area contributed by atoms with E-state index in [1.165, 1.54) is 19.1 Å². The number of carbonyl (C=O) groups excluding carboxylic acids is 1. The number of ether oxygens (including phenoxy) is 3. The molecule has 2 aliphatic rings. The summed E-state index contributed by atoms with van der Waals surface area (Å²) in [5.74, 6) is 1.56. The predicted molar refractivity (Wildman–Crippen MR) is 254 cm³/mol. The van der Waals surface area contributed by atoms with Crippen LogP contribution in [0.15, 0.2) is 85.7 Å². The van der Waals surface area contributed by atoms with Crippen LogP contribution in [-0.2, 0) is 9.53 Å². The van der Waals surface area contributed by atoms with E-state index in [1.807, 2.05) is 25.1 Å². The number of nitrogens with zero attached hydrogens (tertiary/aromatic N) is 8. The third kappa shape index (κ3) is 9.62. The number of aryl methyl sites for hydroxylation is 2. The predicted octanol–water partition coefficient (Wildman–Crippen LogP) is 8.83. The van der Waals surface area contributed by atoms with Crippen LogP contribution >= 0.6 is 0 Å². The molecule has 2 aromatic carbocycles. The molecule has 0 radical (unpaired) electrons. The van der Waals surface area contributed by atoms with Crippen molar-refractivity contribution in [3.8, 4) is 17.4 Å². The molecule has 2 aliphatic heterocycles. The molecule has 0 bridgehead atoms. The zero-order valence-corrected chi connectivity index (χ0v) is 37.7. The monoisotopic (exact) mass is 897 g/mol. The Morgan fingerprint density at radius 1 is 0.788 bits per heavy atom. The average Bonchev–Trinajstić information content (AvgIpc) is 3.88. The number of imidazole rings is 2. The number of pyridine rings is 4. The molecule has 0 unspecified atom stereocenters. The maximum Gasteiger partial charge on any atom is 0.229 e. The van der Waals surface area contributed by atoms with Crippen molar-refractivity contribution >= 4 is 67.3 Å². The Labute approximate surface area is 380 Å². The van der Waals surface area contributed by atoms with Crippen LogP contribution in [0.4, 0.5) is 37.3 Å². The molecule has 8 aromatic rings. The summed E-state index contributed by atoms with van der Waals surface area (Å²) in [7, 11) is 1.65. The van der Waals surface area contributed by atoms with Crippen LogP contribution in [0, 0.1) is 31.4 Å². The molecule has 0 spiro atoms. The highest BCUT2D eigenvalue weighted by Crippen LogP contribution is 2.39. The van der Waals surface area contributed by atoms with E-state index in [-0.39, 0.29) is 11.6 Å². The molecular formula is C49H53F2N11O4. The maximum absolute atomic E-state index is 14.6. The van der Waals surface area contributed by atoms with Gasteiger partial charge in [-0.2, -0.15) is 0 Å². The number of piperazine rings is 1. The van der Waals surface area contributed by atoms with Crippen molar-refractivity contribution in [1.29, 1.82) is 0 Å². The molecule has 0 aliphatic carbocycles. The summed E-state index contributed by atoms with van der Waals surface area (Å²) in [6.45, 7) is 14.0. The number of nitrogens with one attached hydrogen (secondary N) is 3. The Kier molecular flexibility index (Phi) is 12.8. The zero-order chi connectivity index (χ0) is 45.9. The van der Waals surface area contributed by atoms with Crippen molar-refractivity contribution in [3.63, 3.8) is 0 Å². The summed E-state index contributed by atoms with van der Waals surface area (Å²) in [4.78, 5) is 34.1. The van der Waals surface area contributed by atoms with Gasteiger partial charge in [0.25, 0.3) is 0 Å². The molecule has 8 heterocycles. The van der Waals surface area contributed by atoms with E-state index in [1.54, 1.807) is 60.0 Å². The number of piperidine rings is 1. The lowest BCUT2D eigenvalue weighted by atomic mass is 9.98. The Bertz CT molecular complexity index is 3050. The fourth-order valence-corrected chi connectivity index (χ4v) is 8.60. The van der Waals surface area contributed by atoms with Crippen molar-refractivity contribution in [2.45, 2.75) is 40.5 Å². The SMILES string of the molecule is CC(=O)Nc1cc(N2CCC(C)CC2)cc2ccnc(Oc3cc(F)c4nc(C)cn4c3)c12.COCCOc1cc(N2CCNCC2)cc2ccnc(Nc3cc(F)c4nc(C)cn4c3)c12. The van der Waals surface area contributed by atoms with Gasteiger partial charge in [0.05, 0.1) is 46.3 Å². The summed E-state index contributed by atoms with van der Waals surface area (Å²) in [6, 6.07) is 14.9. The van der Waals surface area contributed by atoms with Crippen molar-refractivity contribution in [2.75, 3.05) is 80.0 Å².